The first-order valence-electron chi connectivity index (χ1n) is 5.21. The van der Waals surface area contributed by atoms with Crippen molar-refractivity contribution in [3.05, 3.63) is 23.8 Å². The Bertz CT molecular complexity index is 461. The van der Waals surface area contributed by atoms with Crippen LogP contribution in [-0.4, -0.2) is 31.4 Å². The fraction of sp³-hybridized carbons (Fsp3) is 0.333. The van der Waals surface area contributed by atoms with E-state index in [1.54, 1.807) is 12.1 Å². The summed E-state index contributed by atoms with van der Waals surface area (Å²) >= 11 is 5.27. The number of methoxy groups -OCH3 is 2. The van der Waals surface area contributed by atoms with Crippen LogP contribution in [0.4, 0.5) is 0 Å². The van der Waals surface area contributed by atoms with Crippen LogP contribution in [-0.2, 0) is 4.79 Å². The average molecular weight is 272 g/mol. The van der Waals surface area contributed by atoms with E-state index >= 15 is 0 Å². The van der Waals surface area contributed by atoms with E-state index in [-0.39, 0.29) is 0 Å². The molecule has 1 aromatic carbocycles. The smallest absolute Gasteiger partial charge is 0.252 e. The van der Waals surface area contributed by atoms with Gasteiger partial charge in [-0.1, -0.05) is 0 Å². The van der Waals surface area contributed by atoms with Gasteiger partial charge in [0, 0.05) is 5.56 Å². The lowest BCUT2D eigenvalue weighted by Crippen LogP contribution is -2.36. The molecule has 98 valence electrons. The van der Waals surface area contributed by atoms with Crippen LogP contribution in [0.1, 0.15) is 17.3 Å². The third kappa shape index (κ3) is 3.37. The van der Waals surface area contributed by atoms with Crippen molar-refractivity contribution in [2.24, 2.45) is 0 Å². The minimum absolute atomic E-state index is 0.359. The molecule has 0 heterocycles. The lowest BCUT2D eigenvalue weighted by molar-refractivity contribution is -0.113. The Balaban J connectivity index is 2.90. The van der Waals surface area contributed by atoms with E-state index in [9.17, 15) is 9.59 Å². The minimum Gasteiger partial charge on any atom is -0.493 e. The number of hydrogen-bond donors (Lipinski definition) is 1. The van der Waals surface area contributed by atoms with E-state index < -0.39 is 17.2 Å². The van der Waals surface area contributed by atoms with Crippen LogP contribution >= 0.6 is 11.6 Å². The van der Waals surface area contributed by atoms with Crippen molar-refractivity contribution in [2.75, 3.05) is 14.2 Å². The predicted octanol–water partition coefficient (Wildman–Crippen LogP) is 1.59. The number of benzene rings is 1. The molecule has 0 saturated carbocycles. The Labute approximate surface area is 110 Å². The van der Waals surface area contributed by atoms with Gasteiger partial charge in [-0.3, -0.25) is 9.59 Å². The molecule has 18 heavy (non-hydrogen) atoms. The maximum atomic E-state index is 11.8. The van der Waals surface area contributed by atoms with Crippen molar-refractivity contribution in [3.63, 3.8) is 0 Å². The molecule has 0 fully saturated rings. The predicted molar refractivity (Wildman–Crippen MR) is 67.3 cm³/mol. The number of amides is 1. The lowest BCUT2D eigenvalue weighted by atomic mass is 10.1. The fourth-order valence-corrected chi connectivity index (χ4v) is 1.37. The first-order chi connectivity index (χ1) is 8.49. The van der Waals surface area contributed by atoms with E-state index in [4.69, 9.17) is 21.1 Å². The summed E-state index contributed by atoms with van der Waals surface area (Å²) in [6, 6.07) is 3.97. The van der Waals surface area contributed by atoms with Crippen LogP contribution in [0.2, 0.25) is 0 Å². The number of rotatable bonds is 5. The first kappa shape index (κ1) is 14.3. The van der Waals surface area contributed by atoms with E-state index in [0.29, 0.717) is 17.1 Å². The molecule has 0 aliphatic carbocycles. The van der Waals surface area contributed by atoms with Gasteiger partial charge in [0.15, 0.2) is 11.5 Å². The highest BCUT2D eigenvalue weighted by atomic mass is 35.5. The SMILES string of the molecule is COc1ccc(C(=O)NC(C)C(=O)Cl)cc1OC. The van der Waals surface area contributed by atoms with Gasteiger partial charge >= 0.3 is 0 Å². The summed E-state index contributed by atoms with van der Waals surface area (Å²) < 4.78 is 10.1. The second-order valence-electron chi connectivity index (χ2n) is 3.57. The van der Waals surface area contributed by atoms with Gasteiger partial charge in [-0.2, -0.15) is 0 Å². The van der Waals surface area contributed by atoms with Gasteiger partial charge in [0.05, 0.1) is 14.2 Å². The van der Waals surface area contributed by atoms with Crippen molar-refractivity contribution < 1.29 is 19.1 Å². The van der Waals surface area contributed by atoms with E-state index in [1.165, 1.54) is 27.2 Å². The van der Waals surface area contributed by atoms with E-state index in [2.05, 4.69) is 5.32 Å². The maximum absolute atomic E-state index is 11.8. The molecule has 0 bridgehead atoms. The molecule has 1 amide bonds. The second kappa shape index (κ2) is 6.26. The normalized spacial score (nSPS) is 11.6. The van der Waals surface area contributed by atoms with Gasteiger partial charge in [-0.05, 0) is 36.7 Å². The molecule has 0 aliphatic heterocycles. The van der Waals surface area contributed by atoms with Crippen molar-refractivity contribution in [3.8, 4) is 11.5 Å². The number of carbonyl (C=O) groups is 2. The molecule has 1 atom stereocenters. The average Bonchev–Trinajstić information content (AvgIpc) is 2.37. The van der Waals surface area contributed by atoms with Crippen LogP contribution in [0.5, 0.6) is 11.5 Å². The highest BCUT2D eigenvalue weighted by molar-refractivity contribution is 6.64. The third-order valence-corrected chi connectivity index (χ3v) is 2.66. The zero-order valence-corrected chi connectivity index (χ0v) is 11.1. The third-order valence-electron chi connectivity index (χ3n) is 2.33. The van der Waals surface area contributed by atoms with Gasteiger partial charge in [0.25, 0.3) is 5.91 Å². The van der Waals surface area contributed by atoms with Gasteiger partial charge < -0.3 is 14.8 Å². The van der Waals surface area contributed by atoms with Crippen molar-refractivity contribution >= 4 is 22.8 Å². The summed E-state index contributed by atoms with van der Waals surface area (Å²) in [4.78, 5) is 22.6. The molecule has 0 spiro atoms. The summed E-state index contributed by atoms with van der Waals surface area (Å²) in [6.45, 7) is 1.51. The van der Waals surface area contributed by atoms with Crippen LogP contribution in [0.3, 0.4) is 0 Å². The van der Waals surface area contributed by atoms with Gasteiger partial charge in [0.1, 0.15) is 6.04 Å². The molecule has 0 radical (unpaired) electrons. The summed E-state index contributed by atoms with van der Waals surface area (Å²) in [5, 5.41) is 1.85. The van der Waals surface area contributed by atoms with Crippen molar-refractivity contribution in [2.45, 2.75) is 13.0 Å². The summed E-state index contributed by atoms with van der Waals surface area (Å²) in [5.41, 5.74) is 0.359. The highest BCUT2D eigenvalue weighted by Crippen LogP contribution is 2.27. The largest absolute Gasteiger partial charge is 0.493 e. The Hall–Kier alpha value is -1.75. The lowest BCUT2D eigenvalue weighted by Gasteiger charge is -2.11. The molecule has 6 heteroatoms. The number of carbonyl (C=O) groups excluding carboxylic acids is 2. The van der Waals surface area contributed by atoms with Crippen LogP contribution in [0.15, 0.2) is 18.2 Å². The molecular weight excluding hydrogens is 258 g/mol. The second-order valence-corrected chi connectivity index (χ2v) is 3.94. The van der Waals surface area contributed by atoms with Gasteiger partial charge in [0.2, 0.25) is 5.24 Å². The van der Waals surface area contributed by atoms with Crippen molar-refractivity contribution in [1.29, 1.82) is 0 Å². The number of halogens is 1. The van der Waals surface area contributed by atoms with Crippen LogP contribution in [0, 0.1) is 0 Å². The molecule has 0 aromatic heterocycles. The topological polar surface area (TPSA) is 64.6 Å². The first-order valence-corrected chi connectivity index (χ1v) is 5.59. The Morgan fingerprint density at radius 3 is 2.33 bits per heavy atom. The van der Waals surface area contributed by atoms with Gasteiger partial charge in [-0.15, -0.1) is 0 Å². The molecule has 1 N–H and O–H groups in total. The van der Waals surface area contributed by atoms with Crippen LogP contribution in [0.25, 0.3) is 0 Å². The number of nitrogens with one attached hydrogen (secondary N) is 1. The zero-order chi connectivity index (χ0) is 13.7. The minimum atomic E-state index is -0.743. The number of hydrogen-bond acceptors (Lipinski definition) is 4. The molecule has 1 aromatic rings. The summed E-state index contributed by atoms with van der Waals surface area (Å²) in [5.74, 6) is 0.558. The fourth-order valence-electron chi connectivity index (χ4n) is 1.31. The maximum Gasteiger partial charge on any atom is 0.252 e. The highest BCUT2D eigenvalue weighted by Gasteiger charge is 2.16. The van der Waals surface area contributed by atoms with Gasteiger partial charge in [-0.25, -0.2) is 0 Å². The Morgan fingerprint density at radius 2 is 1.83 bits per heavy atom. The molecule has 0 aliphatic rings. The molecule has 1 rings (SSSR count). The molecular formula is C12H14ClNO4. The molecule has 5 nitrogen and oxygen atoms in total. The van der Waals surface area contributed by atoms with Crippen LogP contribution < -0.4 is 14.8 Å². The Morgan fingerprint density at radius 1 is 1.22 bits per heavy atom. The zero-order valence-electron chi connectivity index (χ0n) is 10.3. The summed E-state index contributed by atoms with van der Waals surface area (Å²) in [7, 11) is 2.98. The van der Waals surface area contributed by atoms with E-state index in [0.717, 1.165) is 0 Å². The van der Waals surface area contributed by atoms with E-state index in [1.807, 2.05) is 0 Å². The quantitative estimate of drug-likeness (QED) is 0.826. The summed E-state index contributed by atoms with van der Waals surface area (Å²) in [6.07, 6.45) is 0. The Kier molecular flexibility index (Phi) is 4.97. The monoisotopic (exact) mass is 271 g/mol. The van der Waals surface area contributed by atoms with Crippen molar-refractivity contribution in [1.82, 2.24) is 5.32 Å². The molecule has 0 saturated heterocycles. The molecule has 1 unspecified atom stereocenters. The number of ether oxygens (including phenoxy) is 2. The standard InChI is InChI=1S/C12H14ClNO4/c1-7(11(13)15)14-12(16)8-4-5-9(17-2)10(6-8)18-3/h4-7H,1-3H3,(H,14,16).